The van der Waals surface area contributed by atoms with Crippen LogP contribution in [-0.2, 0) is 16.0 Å². The second-order valence-electron chi connectivity index (χ2n) is 3.71. The minimum atomic E-state index is -0.453. The van der Waals surface area contributed by atoms with Gasteiger partial charge < -0.3 is 10.1 Å². The lowest BCUT2D eigenvalue weighted by molar-refractivity contribution is -0.121. The Morgan fingerprint density at radius 1 is 1.56 bits per heavy atom. The zero-order valence-electron chi connectivity index (χ0n) is 9.11. The summed E-state index contributed by atoms with van der Waals surface area (Å²) in [5.74, 6) is -0.539. The number of hydrogen-bond acceptors (Lipinski definition) is 4. The molecule has 16 heavy (non-hydrogen) atoms. The predicted molar refractivity (Wildman–Crippen MR) is 55.8 cm³/mol. The van der Waals surface area contributed by atoms with Crippen molar-refractivity contribution >= 4 is 11.9 Å². The number of carbonyl (C=O) groups excluding carboxylic acids is 2. The molecule has 1 atom stereocenters. The van der Waals surface area contributed by atoms with Gasteiger partial charge in [0.2, 0.25) is 5.91 Å². The maximum Gasteiger partial charge on any atom is 0.339 e. The van der Waals surface area contributed by atoms with Crippen LogP contribution in [0.2, 0.25) is 0 Å². The highest BCUT2D eigenvalue weighted by atomic mass is 16.5. The number of fused-ring (bicyclic) bond motifs is 1. The average molecular weight is 220 g/mol. The molecule has 1 N–H and O–H groups in total. The van der Waals surface area contributed by atoms with Crippen molar-refractivity contribution in [1.29, 1.82) is 0 Å². The summed E-state index contributed by atoms with van der Waals surface area (Å²) in [5.41, 5.74) is 1.97. The zero-order chi connectivity index (χ0) is 11.7. The molecule has 0 bridgehead atoms. The molecule has 1 aliphatic rings. The Kier molecular flexibility index (Phi) is 2.60. The molecule has 1 aromatic heterocycles. The topological polar surface area (TPSA) is 68.3 Å². The third-order valence-corrected chi connectivity index (χ3v) is 2.68. The van der Waals surface area contributed by atoms with Crippen molar-refractivity contribution in [2.24, 2.45) is 0 Å². The summed E-state index contributed by atoms with van der Waals surface area (Å²) >= 11 is 0. The van der Waals surface area contributed by atoms with Crippen molar-refractivity contribution in [1.82, 2.24) is 10.3 Å². The lowest BCUT2D eigenvalue weighted by Crippen LogP contribution is -2.35. The molecule has 1 aliphatic heterocycles. The molecule has 0 aliphatic carbocycles. The van der Waals surface area contributed by atoms with E-state index in [0.717, 1.165) is 11.1 Å². The minimum Gasteiger partial charge on any atom is -0.465 e. The molecule has 0 saturated heterocycles. The summed E-state index contributed by atoms with van der Waals surface area (Å²) < 4.78 is 4.66. The number of hydrogen-bond donors (Lipinski definition) is 1. The van der Waals surface area contributed by atoms with Gasteiger partial charge in [-0.3, -0.25) is 9.78 Å². The van der Waals surface area contributed by atoms with E-state index in [9.17, 15) is 9.59 Å². The first-order valence-corrected chi connectivity index (χ1v) is 4.98. The molecule has 1 unspecified atom stereocenters. The molecule has 0 fully saturated rings. The van der Waals surface area contributed by atoms with Crippen molar-refractivity contribution in [3.63, 3.8) is 0 Å². The maximum atomic E-state index is 11.5. The van der Waals surface area contributed by atoms with E-state index in [1.807, 2.05) is 6.92 Å². The van der Waals surface area contributed by atoms with Gasteiger partial charge in [0.05, 0.1) is 25.1 Å². The maximum absolute atomic E-state index is 11.5. The largest absolute Gasteiger partial charge is 0.465 e. The Morgan fingerprint density at radius 2 is 2.31 bits per heavy atom. The first-order chi connectivity index (χ1) is 7.63. The number of ether oxygens (including phenoxy) is 1. The van der Waals surface area contributed by atoms with Crippen LogP contribution in [0.3, 0.4) is 0 Å². The van der Waals surface area contributed by atoms with Crippen LogP contribution in [0.4, 0.5) is 0 Å². The van der Waals surface area contributed by atoms with Crippen molar-refractivity contribution in [3.8, 4) is 0 Å². The third kappa shape index (κ3) is 1.64. The normalized spacial score (nSPS) is 18.6. The minimum absolute atomic E-state index is 0.0867. The number of nitrogens with one attached hydrogen (secondary N) is 1. The fraction of sp³-hybridized carbons (Fsp3) is 0.364. The standard InChI is InChI=1S/C11H12N2O3/c1-6-8-4-12-5-9(11(15)16-2)7(8)3-10(14)13-6/h4-6H,3H2,1-2H3,(H,13,14). The quantitative estimate of drug-likeness (QED) is 0.704. The van der Waals surface area contributed by atoms with Crippen LogP contribution < -0.4 is 5.32 Å². The smallest absolute Gasteiger partial charge is 0.339 e. The van der Waals surface area contributed by atoms with Gasteiger partial charge in [0, 0.05) is 12.4 Å². The van der Waals surface area contributed by atoms with Gasteiger partial charge >= 0.3 is 5.97 Å². The van der Waals surface area contributed by atoms with Crippen LogP contribution in [0.15, 0.2) is 12.4 Å². The van der Waals surface area contributed by atoms with E-state index in [1.165, 1.54) is 13.3 Å². The first-order valence-electron chi connectivity index (χ1n) is 4.98. The molecule has 2 rings (SSSR count). The van der Waals surface area contributed by atoms with Crippen molar-refractivity contribution in [2.45, 2.75) is 19.4 Å². The Hall–Kier alpha value is -1.91. The fourth-order valence-corrected chi connectivity index (χ4v) is 1.89. The van der Waals surface area contributed by atoms with Gasteiger partial charge in [-0.1, -0.05) is 0 Å². The molecule has 84 valence electrons. The summed E-state index contributed by atoms with van der Waals surface area (Å²) in [7, 11) is 1.31. The lowest BCUT2D eigenvalue weighted by Gasteiger charge is -2.24. The van der Waals surface area contributed by atoms with E-state index >= 15 is 0 Å². The fourth-order valence-electron chi connectivity index (χ4n) is 1.89. The summed E-state index contributed by atoms with van der Waals surface area (Å²) in [6.07, 6.45) is 3.31. The van der Waals surface area contributed by atoms with Gasteiger partial charge in [-0.25, -0.2) is 4.79 Å². The second kappa shape index (κ2) is 3.92. The van der Waals surface area contributed by atoms with Crippen LogP contribution >= 0.6 is 0 Å². The van der Waals surface area contributed by atoms with Crippen LogP contribution in [0.25, 0.3) is 0 Å². The van der Waals surface area contributed by atoms with Crippen LogP contribution in [0.5, 0.6) is 0 Å². The van der Waals surface area contributed by atoms with Gasteiger partial charge in [-0.2, -0.15) is 0 Å². The van der Waals surface area contributed by atoms with Gasteiger partial charge in [0.1, 0.15) is 0 Å². The molecular weight excluding hydrogens is 208 g/mol. The molecule has 5 heteroatoms. The van der Waals surface area contributed by atoms with Gasteiger partial charge in [-0.05, 0) is 18.1 Å². The van der Waals surface area contributed by atoms with Crippen molar-refractivity contribution < 1.29 is 14.3 Å². The number of esters is 1. The van der Waals surface area contributed by atoms with Crippen molar-refractivity contribution in [2.75, 3.05) is 7.11 Å². The van der Waals surface area contributed by atoms with Gasteiger partial charge in [0.25, 0.3) is 0 Å². The molecular formula is C11H12N2O3. The van der Waals surface area contributed by atoms with E-state index in [4.69, 9.17) is 0 Å². The first kappa shape index (κ1) is 10.6. The number of pyridine rings is 1. The van der Waals surface area contributed by atoms with E-state index in [-0.39, 0.29) is 18.4 Å². The zero-order valence-corrected chi connectivity index (χ0v) is 9.11. The van der Waals surface area contributed by atoms with E-state index in [1.54, 1.807) is 6.20 Å². The van der Waals surface area contributed by atoms with E-state index in [0.29, 0.717) is 5.56 Å². The number of aromatic nitrogens is 1. The van der Waals surface area contributed by atoms with Crippen LogP contribution in [0.1, 0.15) is 34.5 Å². The number of carbonyl (C=O) groups is 2. The molecule has 0 spiro atoms. The number of nitrogens with zero attached hydrogens (tertiary/aromatic N) is 1. The van der Waals surface area contributed by atoms with Crippen LogP contribution in [0, 0.1) is 0 Å². The molecule has 1 amide bonds. The Morgan fingerprint density at radius 3 is 3.00 bits per heavy atom. The highest BCUT2D eigenvalue weighted by Crippen LogP contribution is 2.25. The average Bonchev–Trinajstić information content (AvgIpc) is 2.27. The Bertz CT molecular complexity index is 457. The number of amides is 1. The summed E-state index contributed by atoms with van der Waals surface area (Å²) in [4.78, 5) is 26.9. The lowest BCUT2D eigenvalue weighted by atomic mass is 9.93. The summed E-state index contributed by atoms with van der Waals surface area (Å²) in [6, 6.07) is -0.117. The van der Waals surface area contributed by atoms with Gasteiger partial charge in [-0.15, -0.1) is 0 Å². The monoisotopic (exact) mass is 220 g/mol. The second-order valence-corrected chi connectivity index (χ2v) is 3.71. The molecule has 5 nitrogen and oxygen atoms in total. The third-order valence-electron chi connectivity index (χ3n) is 2.68. The predicted octanol–water partition coefficient (Wildman–Crippen LogP) is 0.601. The molecule has 0 aromatic carbocycles. The summed E-state index contributed by atoms with van der Waals surface area (Å²) in [5, 5.41) is 2.79. The van der Waals surface area contributed by atoms with Crippen molar-refractivity contribution in [3.05, 3.63) is 29.1 Å². The number of rotatable bonds is 1. The van der Waals surface area contributed by atoms with Crippen LogP contribution in [-0.4, -0.2) is 24.0 Å². The molecule has 1 aromatic rings. The Labute approximate surface area is 92.8 Å². The molecule has 2 heterocycles. The highest BCUT2D eigenvalue weighted by molar-refractivity contribution is 5.94. The van der Waals surface area contributed by atoms with E-state index < -0.39 is 5.97 Å². The highest BCUT2D eigenvalue weighted by Gasteiger charge is 2.26. The molecule has 0 radical (unpaired) electrons. The van der Waals surface area contributed by atoms with Gasteiger partial charge in [0.15, 0.2) is 0 Å². The molecule has 0 saturated carbocycles. The SMILES string of the molecule is COC(=O)c1cncc2c1CC(=O)NC2C. The summed E-state index contributed by atoms with van der Waals surface area (Å²) in [6.45, 7) is 1.86. The van der Waals surface area contributed by atoms with E-state index in [2.05, 4.69) is 15.0 Å². The number of methoxy groups -OCH3 is 1. The Balaban J connectivity index is 2.54.